The maximum atomic E-state index is 13.0. The van der Waals surface area contributed by atoms with Gasteiger partial charge in [-0.15, -0.1) is 0 Å². The van der Waals surface area contributed by atoms with E-state index in [-0.39, 0.29) is 17.7 Å². The van der Waals surface area contributed by atoms with Crippen molar-refractivity contribution in [3.8, 4) is 0 Å². The number of amides is 2. The van der Waals surface area contributed by atoms with E-state index in [0.717, 1.165) is 31.2 Å². The van der Waals surface area contributed by atoms with Crippen molar-refractivity contribution in [1.82, 2.24) is 9.80 Å². The first kappa shape index (κ1) is 19.0. The Kier molecular flexibility index (Phi) is 5.13. The molecule has 1 aromatic rings. The highest BCUT2D eigenvalue weighted by atomic mass is 16.4. The summed E-state index contributed by atoms with van der Waals surface area (Å²) < 4.78 is 0. The number of piperidine rings is 1. The van der Waals surface area contributed by atoms with Crippen LogP contribution in [0.3, 0.4) is 0 Å². The molecule has 2 saturated heterocycles. The number of carboxylic acid groups (broad SMARTS) is 1. The Labute approximate surface area is 165 Å². The second-order valence-corrected chi connectivity index (χ2v) is 8.46. The minimum absolute atomic E-state index is 0.0147. The summed E-state index contributed by atoms with van der Waals surface area (Å²) in [5.41, 5.74) is -0.127. The molecular formula is C22H28N2O4. The van der Waals surface area contributed by atoms with Crippen LogP contribution in [0.15, 0.2) is 30.3 Å². The first-order valence-corrected chi connectivity index (χ1v) is 10.4. The van der Waals surface area contributed by atoms with Crippen molar-refractivity contribution in [2.24, 2.45) is 5.92 Å². The third-order valence-electron chi connectivity index (χ3n) is 6.94. The van der Waals surface area contributed by atoms with E-state index in [1.54, 1.807) is 4.90 Å². The monoisotopic (exact) mass is 384 g/mol. The molecule has 6 nitrogen and oxygen atoms in total. The predicted molar refractivity (Wildman–Crippen MR) is 104 cm³/mol. The molecule has 2 amide bonds. The summed E-state index contributed by atoms with van der Waals surface area (Å²) >= 11 is 0. The summed E-state index contributed by atoms with van der Waals surface area (Å²) in [6.45, 7) is 1.38. The van der Waals surface area contributed by atoms with Crippen LogP contribution in [0, 0.1) is 5.92 Å². The summed E-state index contributed by atoms with van der Waals surface area (Å²) in [5, 5.41) is 9.91. The highest BCUT2D eigenvalue weighted by Crippen LogP contribution is 2.37. The second-order valence-electron chi connectivity index (χ2n) is 8.46. The quantitative estimate of drug-likeness (QED) is 0.865. The maximum absolute atomic E-state index is 13.0. The van der Waals surface area contributed by atoms with Gasteiger partial charge in [0.25, 0.3) is 0 Å². The molecule has 1 N–H and O–H groups in total. The van der Waals surface area contributed by atoms with E-state index in [2.05, 4.69) is 0 Å². The second kappa shape index (κ2) is 7.57. The van der Waals surface area contributed by atoms with Crippen molar-refractivity contribution >= 4 is 17.8 Å². The van der Waals surface area contributed by atoms with Gasteiger partial charge in [0, 0.05) is 32.1 Å². The molecule has 0 radical (unpaired) electrons. The van der Waals surface area contributed by atoms with E-state index in [1.807, 2.05) is 35.2 Å². The highest BCUT2D eigenvalue weighted by molar-refractivity contribution is 5.90. The molecule has 4 rings (SSSR count). The van der Waals surface area contributed by atoms with Crippen molar-refractivity contribution in [2.45, 2.75) is 56.4 Å². The van der Waals surface area contributed by atoms with Gasteiger partial charge >= 0.3 is 5.97 Å². The lowest BCUT2D eigenvalue weighted by atomic mass is 9.72. The van der Waals surface area contributed by atoms with Crippen LogP contribution >= 0.6 is 0 Å². The predicted octanol–water partition coefficient (Wildman–Crippen LogP) is 2.42. The molecule has 1 aliphatic carbocycles. The van der Waals surface area contributed by atoms with Gasteiger partial charge in [0.1, 0.15) is 0 Å². The van der Waals surface area contributed by atoms with Crippen LogP contribution < -0.4 is 0 Å². The third-order valence-corrected chi connectivity index (χ3v) is 6.94. The number of hydrogen-bond acceptors (Lipinski definition) is 3. The van der Waals surface area contributed by atoms with Gasteiger partial charge in [-0.3, -0.25) is 14.4 Å². The average Bonchev–Trinajstić information content (AvgIpc) is 3.37. The summed E-state index contributed by atoms with van der Waals surface area (Å²) in [5.74, 6) is -0.983. The van der Waals surface area contributed by atoms with Crippen molar-refractivity contribution in [1.29, 1.82) is 0 Å². The van der Waals surface area contributed by atoms with Gasteiger partial charge in [-0.1, -0.05) is 43.2 Å². The fourth-order valence-corrected chi connectivity index (χ4v) is 5.22. The standard InChI is InChI=1S/C22H28N2O4/c25-19-14-16(15-24(19)18-8-4-5-9-18)20(26)23-12-10-22(11-13-23,21(27)28)17-6-2-1-3-7-17/h1-3,6-7,16,18H,4-5,8-15H2,(H,27,28)/t16-/m1/s1. The fraction of sp³-hybridized carbons (Fsp3) is 0.591. The van der Waals surface area contributed by atoms with Crippen LogP contribution in [0.4, 0.5) is 0 Å². The number of nitrogens with zero attached hydrogens (tertiary/aromatic N) is 2. The number of likely N-dealkylation sites (tertiary alicyclic amines) is 2. The average molecular weight is 384 g/mol. The molecule has 1 aromatic carbocycles. The zero-order valence-corrected chi connectivity index (χ0v) is 16.2. The van der Waals surface area contributed by atoms with E-state index in [0.29, 0.717) is 44.9 Å². The minimum atomic E-state index is -0.931. The first-order chi connectivity index (χ1) is 13.5. The van der Waals surface area contributed by atoms with E-state index in [4.69, 9.17) is 0 Å². The summed E-state index contributed by atoms with van der Waals surface area (Å²) in [6.07, 6.45) is 5.54. The van der Waals surface area contributed by atoms with Crippen LogP contribution in [0.2, 0.25) is 0 Å². The van der Waals surface area contributed by atoms with Gasteiger partial charge < -0.3 is 14.9 Å². The molecule has 2 heterocycles. The van der Waals surface area contributed by atoms with E-state index < -0.39 is 11.4 Å². The number of hydrogen-bond donors (Lipinski definition) is 1. The largest absolute Gasteiger partial charge is 0.481 e. The zero-order chi connectivity index (χ0) is 19.7. The van der Waals surface area contributed by atoms with Crippen LogP contribution in [0.25, 0.3) is 0 Å². The molecule has 6 heteroatoms. The number of carboxylic acids is 1. The maximum Gasteiger partial charge on any atom is 0.314 e. The van der Waals surface area contributed by atoms with Gasteiger partial charge in [0.2, 0.25) is 11.8 Å². The van der Waals surface area contributed by atoms with Crippen LogP contribution in [-0.2, 0) is 19.8 Å². The lowest BCUT2D eigenvalue weighted by molar-refractivity contribution is -0.149. The molecule has 1 atom stereocenters. The Balaban J connectivity index is 1.41. The Morgan fingerprint density at radius 3 is 2.29 bits per heavy atom. The molecule has 0 aromatic heterocycles. The molecule has 150 valence electrons. The van der Waals surface area contributed by atoms with Crippen LogP contribution in [0.1, 0.15) is 50.5 Å². The van der Waals surface area contributed by atoms with Crippen molar-refractivity contribution in [2.75, 3.05) is 19.6 Å². The van der Waals surface area contributed by atoms with Gasteiger partial charge in [0.15, 0.2) is 0 Å². The molecule has 2 aliphatic heterocycles. The molecule has 3 aliphatic rings. The Morgan fingerprint density at radius 2 is 1.68 bits per heavy atom. The fourth-order valence-electron chi connectivity index (χ4n) is 5.22. The number of carbonyl (C=O) groups excluding carboxylic acids is 2. The smallest absolute Gasteiger partial charge is 0.314 e. The van der Waals surface area contributed by atoms with Crippen molar-refractivity contribution in [3.05, 3.63) is 35.9 Å². The number of rotatable bonds is 4. The topological polar surface area (TPSA) is 77.9 Å². The summed E-state index contributed by atoms with van der Waals surface area (Å²) in [4.78, 5) is 41.2. The molecule has 0 spiro atoms. The third kappa shape index (κ3) is 3.29. The highest BCUT2D eigenvalue weighted by Gasteiger charge is 2.46. The number of aliphatic carboxylic acids is 1. The molecule has 1 saturated carbocycles. The molecular weight excluding hydrogens is 356 g/mol. The first-order valence-electron chi connectivity index (χ1n) is 10.4. The summed E-state index contributed by atoms with van der Waals surface area (Å²) in [7, 11) is 0. The Bertz CT molecular complexity index is 749. The van der Waals surface area contributed by atoms with E-state index in [1.165, 1.54) is 0 Å². The molecule has 0 bridgehead atoms. The van der Waals surface area contributed by atoms with Gasteiger partial charge in [0.05, 0.1) is 11.3 Å². The molecule has 0 unspecified atom stereocenters. The minimum Gasteiger partial charge on any atom is -0.481 e. The number of carbonyl (C=O) groups is 3. The Morgan fingerprint density at radius 1 is 1.04 bits per heavy atom. The van der Waals surface area contributed by atoms with Gasteiger partial charge in [-0.25, -0.2) is 0 Å². The lowest BCUT2D eigenvalue weighted by Crippen LogP contribution is -2.50. The van der Waals surface area contributed by atoms with Crippen LogP contribution in [0.5, 0.6) is 0 Å². The van der Waals surface area contributed by atoms with Crippen molar-refractivity contribution in [3.63, 3.8) is 0 Å². The molecule has 3 fully saturated rings. The van der Waals surface area contributed by atoms with E-state index in [9.17, 15) is 19.5 Å². The normalized spacial score (nSPS) is 25.3. The SMILES string of the molecule is O=C([C@@H]1CC(=O)N(C2CCCC2)C1)N1CCC(C(=O)O)(c2ccccc2)CC1. The lowest BCUT2D eigenvalue weighted by Gasteiger charge is -2.40. The van der Waals surface area contributed by atoms with Crippen molar-refractivity contribution < 1.29 is 19.5 Å². The van der Waals surface area contributed by atoms with E-state index >= 15 is 0 Å². The Hall–Kier alpha value is -2.37. The van der Waals surface area contributed by atoms with Gasteiger partial charge in [-0.2, -0.15) is 0 Å². The van der Waals surface area contributed by atoms with Gasteiger partial charge in [-0.05, 0) is 31.2 Å². The zero-order valence-electron chi connectivity index (χ0n) is 16.2. The molecule has 28 heavy (non-hydrogen) atoms. The van der Waals surface area contributed by atoms with Crippen LogP contribution in [-0.4, -0.2) is 58.4 Å². The number of benzene rings is 1. The summed E-state index contributed by atoms with van der Waals surface area (Å²) in [6, 6.07) is 9.63.